The van der Waals surface area contributed by atoms with Gasteiger partial charge in [0.1, 0.15) is 17.1 Å². The van der Waals surface area contributed by atoms with E-state index in [1.54, 1.807) is 38.1 Å². The van der Waals surface area contributed by atoms with Crippen molar-refractivity contribution in [3.05, 3.63) is 69.3 Å². The number of phenolic OH excluding ortho intramolecular Hbond substituents is 1. The second-order valence-corrected chi connectivity index (χ2v) is 6.28. The van der Waals surface area contributed by atoms with E-state index < -0.39 is 5.63 Å². The average molecular weight is 366 g/mol. The Balaban J connectivity index is 1.73. The first-order chi connectivity index (χ1) is 12.9. The third kappa shape index (κ3) is 3.05. The van der Waals surface area contributed by atoms with Crippen LogP contribution in [0.4, 0.5) is 4.39 Å². The molecule has 0 aliphatic heterocycles. The summed E-state index contributed by atoms with van der Waals surface area (Å²) < 4.78 is 18.7. The number of aromatic hydroxyl groups is 1. The van der Waals surface area contributed by atoms with Gasteiger partial charge in [-0.25, -0.2) is 9.18 Å². The quantitative estimate of drug-likeness (QED) is 0.560. The Bertz CT molecular complexity index is 1230. The van der Waals surface area contributed by atoms with Crippen molar-refractivity contribution in [1.29, 1.82) is 0 Å². The van der Waals surface area contributed by atoms with Crippen molar-refractivity contribution < 1.29 is 13.9 Å². The van der Waals surface area contributed by atoms with Gasteiger partial charge in [-0.15, -0.1) is 10.2 Å². The molecule has 2 aromatic heterocycles. The molecule has 0 fully saturated rings. The minimum Gasteiger partial charge on any atom is -0.508 e. The van der Waals surface area contributed by atoms with Crippen molar-refractivity contribution in [2.24, 2.45) is 0 Å². The van der Waals surface area contributed by atoms with Crippen LogP contribution < -0.4 is 5.63 Å². The fourth-order valence-electron chi connectivity index (χ4n) is 2.91. The Morgan fingerprint density at radius 1 is 1.19 bits per heavy atom. The Kier molecular flexibility index (Phi) is 3.95. The molecule has 0 spiro atoms. The smallest absolute Gasteiger partial charge is 0.336 e. The second kappa shape index (κ2) is 6.31. The highest BCUT2D eigenvalue weighted by atomic mass is 19.1. The van der Waals surface area contributed by atoms with Crippen molar-refractivity contribution in [2.45, 2.75) is 20.4 Å². The molecule has 0 unspecified atom stereocenters. The van der Waals surface area contributed by atoms with E-state index in [0.717, 1.165) is 0 Å². The summed E-state index contributed by atoms with van der Waals surface area (Å²) in [6.07, 6.45) is 0. The molecular formula is C19H15FN4O3. The summed E-state index contributed by atoms with van der Waals surface area (Å²) in [5.41, 5.74) is 2.07. The molecule has 27 heavy (non-hydrogen) atoms. The zero-order chi connectivity index (χ0) is 19.1. The number of phenols is 1. The number of hydrogen-bond acceptors (Lipinski definition) is 6. The molecule has 0 amide bonds. The first-order valence-corrected chi connectivity index (χ1v) is 8.22. The highest BCUT2D eigenvalue weighted by Crippen LogP contribution is 2.27. The fraction of sp³-hybridized carbons (Fsp3) is 0.158. The normalized spacial score (nSPS) is 11.2. The Morgan fingerprint density at radius 2 is 2.00 bits per heavy atom. The summed E-state index contributed by atoms with van der Waals surface area (Å²) in [7, 11) is 0. The summed E-state index contributed by atoms with van der Waals surface area (Å²) in [4.78, 5) is 13.3. The van der Waals surface area contributed by atoms with E-state index in [-0.39, 0.29) is 18.1 Å². The molecule has 0 aliphatic carbocycles. The summed E-state index contributed by atoms with van der Waals surface area (Å²) in [5, 5.41) is 22.8. The van der Waals surface area contributed by atoms with Crippen LogP contribution in [-0.4, -0.2) is 25.3 Å². The lowest BCUT2D eigenvalue weighted by atomic mass is 10.1. The molecule has 0 bridgehead atoms. The summed E-state index contributed by atoms with van der Waals surface area (Å²) >= 11 is 0. The fourth-order valence-corrected chi connectivity index (χ4v) is 2.91. The SMILES string of the molecule is Cc1cc(-c2nnn(Cc3cc(=O)oc4c(C)c(O)ccc34)n2)ccc1F. The molecule has 1 N–H and O–H groups in total. The minimum absolute atomic E-state index is 0.0515. The maximum absolute atomic E-state index is 13.4. The molecule has 4 aromatic rings. The lowest BCUT2D eigenvalue weighted by molar-refractivity contribution is 0.468. The second-order valence-electron chi connectivity index (χ2n) is 6.28. The van der Waals surface area contributed by atoms with E-state index >= 15 is 0 Å². The maximum Gasteiger partial charge on any atom is 0.336 e. The van der Waals surface area contributed by atoms with E-state index in [2.05, 4.69) is 15.4 Å². The van der Waals surface area contributed by atoms with Gasteiger partial charge in [0.25, 0.3) is 0 Å². The molecule has 0 radical (unpaired) electrons. The predicted molar refractivity (Wildman–Crippen MR) is 95.9 cm³/mol. The molecular weight excluding hydrogens is 351 g/mol. The molecule has 0 saturated carbocycles. The molecule has 4 rings (SSSR count). The Morgan fingerprint density at radius 3 is 2.78 bits per heavy atom. The number of halogens is 1. The zero-order valence-corrected chi connectivity index (χ0v) is 14.6. The van der Waals surface area contributed by atoms with E-state index in [4.69, 9.17) is 4.42 Å². The maximum atomic E-state index is 13.4. The Labute approximate surface area is 152 Å². The largest absolute Gasteiger partial charge is 0.508 e. The highest BCUT2D eigenvalue weighted by Gasteiger charge is 2.13. The van der Waals surface area contributed by atoms with Gasteiger partial charge in [-0.1, -0.05) is 0 Å². The third-order valence-electron chi connectivity index (χ3n) is 4.40. The van der Waals surface area contributed by atoms with Gasteiger partial charge in [0.05, 0.1) is 6.54 Å². The van der Waals surface area contributed by atoms with Crippen LogP contribution in [-0.2, 0) is 6.54 Å². The molecule has 8 heteroatoms. The van der Waals surface area contributed by atoms with Crippen LogP contribution >= 0.6 is 0 Å². The number of rotatable bonds is 3. The van der Waals surface area contributed by atoms with Gasteiger partial charge in [0, 0.05) is 22.6 Å². The van der Waals surface area contributed by atoms with Crippen LogP contribution in [0.5, 0.6) is 5.75 Å². The number of nitrogens with zero attached hydrogens (tertiary/aromatic N) is 4. The van der Waals surface area contributed by atoms with E-state index in [9.17, 15) is 14.3 Å². The number of hydrogen-bond donors (Lipinski definition) is 1. The van der Waals surface area contributed by atoms with Gasteiger partial charge in [-0.05, 0) is 60.5 Å². The van der Waals surface area contributed by atoms with Gasteiger partial charge >= 0.3 is 5.63 Å². The third-order valence-corrected chi connectivity index (χ3v) is 4.40. The number of benzene rings is 2. The standard InChI is InChI=1S/C19H15FN4O3/c1-10-7-12(3-5-15(10)20)19-21-23-24(22-19)9-13-8-17(26)27-18-11(2)16(25)6-4-14(13)18/h3-8,25H,9H2,1-2H3. The van der Waals surface area contributed by atoms with Gasteiger partial charge in [0.2, 0.25) is 5.82 Å². The van der Waals surface area contributed by atoms with Crippen LogP contribution in [0.3, 0.4) is 0 Å². The summed E-state index contributed by atoms with van der Waals surface area (Å²) in [6, 6.07) is 9.18. The van der Waals surface area contributed by atoms with E-state index in [1.165, 1.54) is 16.9 Å². The van der Waals surface area contributed by atoms with Gasteiger partial charge in [0.15, 0.2) is 0 Å². The predicted octanol–water partition coefficient (Wildman–Crippen LogP) is 2.96. The van der Waals surface area contributed by atoms with E-state index in [1.807, 2.05) is 0 Å². The molecule has 2 aromatic carbocycles. The van der Waals surface area contributed by atoms with Crippen molar-refractivity contribution in [3.8, 4) is 17.1 Å². The van der Waals surface area contributed by atoms with Gasteiger partial charge in [-0.2, -0.15) is 4.80 Å². The molecule has 136 valence electrons. The molecule has 7 nitrogen and oxygen atoms in total. The first kappa shape index (κ1) is 16.9. The van der Waals surface area contributed by atoms with Crippen LogP contribution in [0.2, 0.25) is 0 Å². The average Bonchev–Trinajstić information content (AvgIpc) is 3.09. The topological polar surface area (TPSA) is 94.0 Å². The van der Waals surface area contributed by atoms with Crippen molar-refractivity contribution in [1.82, 2.24) is 20.2 Å². The van der Waals surface area contributed by atoms with Crippen LogP contribution in [0.25, 0.3) is 22.4 Å². The van der Waals surface area contributed by atoms with Crippen molar-refractivity contribution in [2.75, 3.05) is 0 Å². The lowest BCUT2D eigenvalue weighted by Gasteiger charge is -2.07. The van der Waals surface area contributed by atoms with Crippen LogP contribution in [0, 0.1) is 19.7 Å². The highest BCUT2D eigenvalue weighted by molar-refractivity contribution is 5.84. The molecule has 0 saturated heterocycles. The summed E-state index contributed by atoms with van der Waals surface area (Å²) in [5.74, 6) is 0.113. The molecule has 0 aliphatic rings. The monoisotopic (exact) mass is 366 g/mol. The number of fused-ring (bicyclic) bond motifs is 1. The first-order valence-electron chi connectivity index (χ1n) is 8.22. The van der Waals surface area contributed by atoms with Crippen LogP contribution in [0.15, 0.2) is 45.6 Å². The number of aryl methyl sites for hydroxylation is 2. The Hall–Kier alpha value is -3.55. The number of tetrazole rings is 1. The lowest BCUT2D eigenvalue weighted by Crippen LogP contribution is -2.08. The van der Waals surface area contributed by atoms with E-state index in [0.29, 0.717) is 39.0 Å². The summed E-state index contributed by atoms with van der Waals surface area (Å²) in [6.45, 7) is 3.53. The van der Waals surface area contributed by atoms with Crippen molar-refractivity contribution in [3.63, 3.8) is 0 Å². The van der Waals surface area contributed by atoms with Gasteiger partial charge in [-0.3, -0.25) is 0 Å². The van der Waals surface area contributed by atoms with Gasteiger partial charge < -0.3 is 9.52 Å². The van der Waals surface area contributed by atoms with Crippen molar-refractivity contribution >= 4 is 11.0 Å². The van der Waals surface area contributed by atoms with Crippen LogP contribution in [0.1, 0.15) is 16.7 Å². The zero-order valence-electron chi connectivity index (χ0n) is 14.6. The number of aromatic nitrogens is 4. The molecule has 2 heterocycles. The molecule has 0 atom stereocenters. The minimum atomic E-state index is -0.527.